The Labute approximate surface area is 103 Å². The first-order valence-electron chi connectivity index (χ1n) is 4.75. The van der Waals surface area contributed by atoms with E-state index >= 15 is 0 Å². The standard InChI is InChI=1S/C11H9ClN4O/c12-9-8(10(13)14)3-5-16-11(9)17-7-2-1-4-15-6-7/h1-6H,(H3,13,14). The maximum absolute atomic E-state index is 7.35. The smallest absolute Gasteiger partial charge is 0.238 e. The van der Waals surface area contributed by atoms with Crippen molar-refractivity contribution in [1.29, 1.82) is 5.41 Å². The molecule has 2 heterocycles. The molecular weight excluding hydrogens is 240 g/mol. The first kappa shape index (κ1) is 11.3. The van der Waals surface area contributed by atoms with Crippen LogP contribution in [0.4, 0.5) is 0 Å². The summed E-state index contributed by atoms with van der Waals surface area (Å²) in [5.74, 6) is 0.586. The van der Waals surface area contributed by atoms with Crippen molar-refractivity contribution in [3.8, 4) is 11.6 Å². The number of amidine groups is 1. The average Bonchev–Trinajstić information content (AvgIpc) is 2.33. The Morgan fingerprint density at radius 1 is 1.35 bits per heavy atom. The predicted molar refractivity (Wildman–Crippen MR) is 64.6 cm³/mol. The Bertz CT molecular complexity index is 544. The average molecular weight is 249 g/mol. The molecule has 0 atom stereocenters. The number of nitrogens with one attached hydrogen (secondary N) is 1. The minimum Gasteiger partial charge on any atom is -0.436 e. The van der Waals surface area contributed by atoms with Gasteiger partial charge in [0.1, 0.15) is 16.6 Å². The van der Waals surface area contributed by atoms with Gasteiger partial charge in [0.05, 0.1) is 6.20 Å². The Morgan fingerprint density at radius 3 is 2.82 bits per heavy atom. The van der Waals surface area contributed by atoms with Crippen molar-refractivity contribution in [3.63, 3.8) is 0 Å². The Hall–Kier alpha value is -2.14. The van der Waals surface area contributed by atoms with Crippen LogP contribution in [0.5, 0.6) is 11.6 Å². The lowest BCUT2D eigenvalue weighted by Gasteiger charge is -2.08. The van der Waals surface area contributed by atoms with Crippen molar-refractivity contribution in [2.75, 3.05) is 0 Å². The van der Waals surface area contributed by atoms with E-state index in [1.165, 1.54) is 6.20 Å². The number of aromatic nitrogens is 2. The minimum atomic E-state index is -0.131. The van der Waals surface area contributed by atoms with Gasteiger partial charge in [-0.1, -0.05) is 11.6 Å². The number of pyridine rings is 2. The monoisotopic (exact) mass is 248 g/mol. The van der Waals surface area contributed by atoms with Crippen LogP contribution in [0.1, 0.15) is 5.56 Å². The van der Waals surface area contributed by atoms with E-state index in [-0.39, 0.29) is 16.7 Å². The summed E-state index contributed by atoms with van der Waals surface area (Å²) in [5, 5.41) is 7.56. The largest absolute Gasteiger partial charge is 0.436 e. The molecule has 0 saturated carbocycles. The molecule has 0 aliphatic rings. The highest BCUT2D eigenvalue weighted by Gasteiger charge is 2.11. The number of hydrogen-bond donors (Lipinski definition) is 2. The summed E-state index contributed by atoms with van der Waals surface area (Å²) in [6.07, 6.45) is 4.65. The molecule has 3 N–H and O–H groups in total. The molecule has 86 valence electrons. The van der Waals surface area contributed by atoms with Gasteiger partial charge in [0, 0.05) is 18.0 Å². The maximum atomic E-state index is 7.35. The molecule has 0 saturated heterocycles. The molecular formula is C11H9ClN4O. The van der Waals surface area contributed by atoms with Crippen LogP contribution in [0.2, 0.25) is 5.02 Å². The van der Waals surface area contributed by atoms with Gasteiger partial charge in [-0.3, -0.25) is 10.4 Å². The van der Waals surface area contributed by atoms with Crippen molar-refractivity contribution in [2.45, 2.75) is 0 Å². The lowest BCUT2D eigenvalue weighted by molar-refractivity contribution is 0.461. The third-order valence-corrected chi connectivity index (χ3v) is 2.36. The van der Waals surface area contributed by atoms with Crippen LogP contribution in [-0.4, -0.2) is 15.8 Å². The van der Waals surface area contributed by atoms with Gasteiger partial charge in [0.2, 0.25) is 5.88 Å². The third kappa shape index (κ3) is 2.51. The molecule has 2 rings (SSSR count). The van der Waals surface area contributed by atoms with Crippen LogP contribution >= 0.6 is 11.6 Å². The second kappa shape index (κ2) is 4.80. The van der Waals surface area contributed by atoms with E-state index in [0.717, 1.165) is 0 Å². The number of nitrogens with zero attached hydrogens (tertiary/aromatic N) is 2. The van der Waals surface area contributed by atoms with Gasteiger partial charge in [-0.15, -0.1) is 0 Å². The first-order chi connectivity index (χ1) is 8.18. The summed E-state index contributed by atoms with van der Waals surface area (Å²) < 4.78 is 5.44. The van der Waals surface area contributed by atoms with Gasteiger partial charge in [-0.05, 0) is 18.2 Å². The van der Waals surface area contributed by atoms with Crippen LogP contribution < -0.4 is 10.5 Å². The molecule has 0 aromatic carbocycles. The number of rotatable bonds is 3. The normalized spacial score (nSPS) is 9.94. The summed E-state index contributed by atoms with van der Waals surface area (Å²) in [6, 6.07) is 5.02. The predicted octanol–water partition coefficient (Wildman–Crippen LogP) is 2.21. The quantitative estimate of drug-likeness (QED) is 0.644. The summed E-state index contributed by atoms with van der Waals surface area (Å²) in [5.41, 5.74) is 5.77. The SMILES string of the molecule is N=C(N)c1ccnc(Oc2cccnc2)c1Cl. The number of ether oxygens (including phenoxy) is 1. The number of halogens is 1. The van der Waals surface area contributed by atoms with Crippen molar-refractivity contribution >= 4 is 17.4 Å². The number of nitrogen functional groups attached to an aromatic ring is 1. The Kier molecular flexibility index (Phi) is 3.20. The summed E-state index contributed by atoms with van der Waals surface area (Å²) in [4.78, 5) is 7.89. The highest BCUT2D eigenvalue weighted by Crippen LogP contribution is 2.28. The van der Waals surface area contributed by atoms with Crippen molar-refractivity contribution in [1.82, 2.24) is 9.97 Å². The zero-order valence-electron chi connectivity index (χ0n) is 8.72. The second-order valence-electron chi connectivity index (χ2n) is 3.18. The molecule has 17 heavy (non-hydrogen) atoms. The van der Waals surface area contributed by atoms with Crippen LogP contribution in [0.15, 0.2) is 36.8 Å². The van der Waals surface area contributed by atoms with E-state index in [4.69, 9.17) is 27.5 Å². The van der Waals surface area contributed by atoms with Gasteiger partial charge in [0.25, 0.3) is 0 Å². The first-order valence-corrected chi connectivity index (χ1v) is 5.13. The molecule has 0 unspecified atom stereocenters. The highest BCUT2D eigenvalue weighted by molar-refractivity contribution is 6.35. The van der Waals surface area contributed by atoms with Gasteiger partial charge < -0.3 is 10.5 Å². The van der Waals surface area contributed by atoms with Crippen LogP contribution in [0.25, 0.3) is 0 Å². The zero-order valence-corrected chi connectivity index (χ0v) is 9.48. The Morgan fingerprint density at radius 2 is 2.18 bits per heavy atom. The minimum absolute atomic E-state index is 0.131. The molecule has 0 radical (unpaired) electrons. The van der Waals surface area contributed by atoms with Crippen molar-refractivity contribution in [2.24, 2.45) is 5.73 Å². The maximum Gasteiger partial charge on any atom is 0.238 e. The summed E-state index contributed by atoms with van der Waals surface area (Å²) in [7, 11) is 0. The third-order valence-electron chi connectivity index (χ3n) is 2.00. The van der Waals surface area contributed by atoms with E-state index in [1.807, 2.05) is 0 Å². The van der Waals surface area contributed by atoms with Gasteiger partial charge in [-0.25, -0.2) is 4.98 Å². The van der Waals surface area contributed by atoms with Gasteiger partial charge in [-0.2, -0.15) is 0 Å². The summed E-state index contributed by atoms with van der Waals surface area (Å²) in [6.45, 7) is 0. The molecule has 0 fully saturated rings. The second-order valence-corrected chi connectivity index (χ2v) is 3.56. The van der Waals surface area contributed by atoms with E-state index < -0.39 is 0 Å². The van der Waals surface area contributed by atoms with Crippen molar-refractivity contribution in [3.05, 3.63) is 47.4 Å². The van der Waals surface area contributed by atoms with Gasteiger partial charge >= 0.3 is 0 Å². The molecule has 6 heteroatoms. The van der Waals surface area contributed by atoms with Crippen LogP contribution in [0.3, 0.4) is 0 Å². The molecule has 0 aliphatic carbocycles. The fourth-order valence-electron chi connectivity index (χ4n) is 1.22. The van der Waals surface area contributed by atoms with Crippen LogP contribution in [-0.2, 0) is 0 Å². The molecule has 2 aromatic rings. The number of nitrogens with two attached hydrogens (primary N) is 1. The fraction of sp³-hybridized carbons (Fsp3) is 0. The van der Waals surface area contributed by atoms with Crippen molar-refractivity contribution < 1.29 is 4.74 Å². The van der Waals surface area contributed by atoms with E-state index in [2.05, 4.69) is 9.97 Å². The topological polar surface area (TPSA) is 84.9 Å². The van der Waals surface area contributed by atoms with Crippen LogP contribution in [0, 0.1) is 5.41 Å². The van der Waals surface area contributed by atoms with E-state index in [1.54, 1.807) is 30.6 Å². The molecule has 0 spiro atoms. The lowest BCUT2D eigenvalue weighted by Crippen LogP contribution is -2.12. The number of hydrogen-bond acceptors (Lipinski definition) is 4. The molecule has 0 amide bonds. The Balaban J connectivity index is 2.34. The lowest BCUT2D eigenvalue weighted by atomic mass is 10.2. The molecule has 0 aliphatic heterocycles. The molecule has 2 aromatic heterocycles. The van der Waals surface area contributed by atoms with E-state index in [9.17, 15) is 0 Å². The van der Waals surface area contributed by atoms with Gasteiger partial charge in [0.15, 0.2) is 0 Å². The highest BCUT2D eigenvalue weighted by atomic mass is 35.5. The molecule has 0 bridgehead atoms. The fourth-order valence-corrected chi connectivity index (χ4v) is 1.47. The molecule has 5 nitrogen and oxygen atoms in total. The van der Waals surface area contributed by atoms with E-state index in [0.29, 0.717) is 11.3 Å². The summed E-state index contributed by atoms with van der Waals surface area (Å²) >= 11 is 6.02. The zero-order chi connectivity index (χ0) is 12.3.